The number of para-hydroxylation sites is 1. The van der Waals surface area contributed by atoms with E-state index in [1.54, 1.807) is 0 Å². The molecule has 0 saturated carbocycles. The summed E-state index contributed by atoms with van der Waals surface area (Å²) in [6.07, 6.45) is 1.82. The van der Waals surface area contributed by atoms with Gasteiger partial charge in [-0.3, -0.25) is 4.98 Å². The van der Waals surface area contributed by atoms with Gasteiger partial charge < -0.3 is 8.83 Å². The van der Waals surface area contributed by atoms with Crippen molar-refractivity contribution in [2.45, 2.75) is 0 Å². The van der Waals surface area contributed by atoms with E-state index in [-0.39, 0.29) is 0 Å². The fraction of sp³-hybridized carbons (Fsp3) is 0. The second-order valence-electron chi connectivity index (χ2n) is 10.2. The highest BCUT2D eigenvalue weighted by Crippen LogP contribution is 2.38. The van der Waals surface area contributed by atoms with Crippen molar-refractivity contribution >= 4 is 65.7 Å². The van der Waals surface area contributed by atoms with Gasteiger partial charge in [0, 0.05) is 50.1 Å². The molecular weight excluding hydrogens is 492 g/mol. The Morgan fingerprint density at radius 3 is 1.98 bits per heavy atom. The van der Waals surface area contributed by atoms with Gasteiger partial charge in [-0.15, -0.1) is 0 Å². The molecule has 0 aliphatic carbocycles. The van der Waals surface area contributed by atoms with Crippen molar-refractivity contribution in [2.75, 3.05) is 0 Å². The molecule has 0 fully saturated rings. The van der Waals surface area contributed by atoms with Gasteiger partial charge in [0.25, 0.3) is 0 Å². The van der Waals surface area contributed by atoms with Gasteiger partial charge >= 0.3 is 0 Å². The van der Waals surface area contributed by atoms with Crippen LogP contribution >= 0.6 is 0 Å². The molecule has 4 heteroatoms. The summed E-state index contributed by atoms with van der Waals surface area (Å²) in [6, 6.07) is 39.8. The fourth-order valence-corrected chi connectivity index (χ4v) is 5.89. The first-order valence-electron chi connectivity index (χ1n) is 13.3. The van der Waals surface area contributed by atoms with Crippen LogP contribution in [0.2, 0.25) is 0 Å². The summed E-state index contributed by atoms with van der Waals surface area (Å²) >= 11 is 0. The zero-order valence-electron chi connectivity index (χ0n) is 21.3. The second kappa shape index (κ2) is 8.01. The Hall–Kier alpha value is -5.48. The number of nitrogens with zero attached hydrogens (tertiary/aromatic N) is 2. The predicted octanol–water partition coefficient (Wildman–Crippen LogP) is 9.92. The van der Waals surface area contributed by atoms with Crippen LogP contribution in [0.15, 0.2) is 130 Å². The lowest BCUT2D eigenvalue weighted by Gasteiger charge is -2.07. The van der Waals surface area contributed by atoms with Gasteiger partial charge in [0.2, 0.25) is 0 Å². The van der Waals surface area contributed by atoms with E-state index < -0.39 is 0 Å². The van der Waals surface area contributed by atoms with Crippen LogP contribution in [0.25, 0.3) is 88.1 Å². The van der Waals surface area contributed by atoms with Crippen molar-refractivity contribution in [3.8, 4) is 22.4 Å². The Morgan fingerprint density at radius 1 is 0.425 bits per heavy atom. The van der Waals surface area contributed by atoms with E-state index in [9.17, 15) is 0 Å². The molecule has 0 saturated heterocycles. The maximum atomic E-state index is 6.22. The Bertz CT molecular complexity index is 2430. The van der Waals surface area contributed by atoms with E-state index in [0.29, 0.717) is 0 Å². The first-order chi connectivity index (χ1) is 19.8. The summed E-state index contributed by atoms with van der Waals surface area (Å²) in [6.45, 7) is 0. The number of furan rings is 2. The smallest absolute Gasteiger partial charge is 0.139 e. The van der Waals surface area contributed by atoms with Crippen LogP contribution in [0.3, 0.4) is 0 Å². The standard InChI is InChI=1S/C36H20N2O2/c1-2-6-31-26(5-1)28-19-29-27-18-25(14-16-32(27)40-34(29)20-33(28)39-31)21-7-9-22(10-8-21)30-15-13-24-12-11-23-4-3-17-37-35(23)36(24)38-30/h1-20H. The molecule has 0 aliphatic heterocycles. The predicted molar refractivity (Wildman–Crippen MR) is 162 cm³/mol. The number of rotatable bonds is 2. The number of hydrogen-bond acceptors (Lipinski definition) is 4. The number of fused-ring (bicyclic) bond motifs is 9. The van der Waals surface area contributed by atoms with Gasteiger partial charge in [0.1, 0.15) is 22.3 Å². The Labute approximate surface area is 228 Å². The Balaban J connectivity index is 1.13. The van der Waals surface area contributed by atoms with E-state index in [1.165, 1.54) is 0 Å². The van der Waals surface area contributed by atoms with Crippen molar-refractivity contribution in [3.05, 3.63) is 121 Å². The van der Waals surface area contributed by atoms with Crippen molar-refractivity contribution in [3.63, 3.8) is 0 Å². The molecule has 0 unspecified atom stereocenters. The zero-order chi connectivity index (χ0) is 26.2. The first-order valence-corrected chi connectivity index (χ1v) is 13.3. The van der Waals surface area contributed by atoms with Crippen molar-refractivity contribution < 1.29 is 8.83 Å². The van der Waals surface area contributed by atoms with E-state index in [0.717, 1.165) is 88.1 Å². The molecule has 4 aromatic heterocycles. The number of hydrogen-bond donors (Lipinski definition) is 0. The molecule has 0 radical (unpaired) electrons. The topological polar surface area (TPSA) is 52.1 Å². The average Bonchev–Trinajstić information content (AvgIpc) is 3.56. The van der Waals surface area contributed by atoms with Gasteiger partial charge in [-0.1, -0.05) is 72.8 Å². The SMILES string of the molecule is c1cnc2c(c1)ccc1ccc(-c3ccc(-c4ccc5oc6cc7oc8ccccc8c7cc6c5c4)cc3)nc12. The lowest BCUT2D eigenvalue weighted by Crippen LogP contribution is -1.88. The summed E-state index contributed by atoms with van der Waals surface area (Å²) in [5.74, 6) is 0. The third-order valence-electron chi connectivity index (χ3n) is 7.91. The lowest BCUT2D eigenvalue weighted by atomic mass is 10.00. The van der Waals surface area contributed by atoms with Crippen LogP contribution in [0.1, 0.15) is 0 Å². The third kappa shape index (κ3) is 3.13. The van der Waals surface area contributed by atoms with Crippen LogP contribution < -0.4 is 0 Å². The minimum Gasteiger partial charge on any atom is -0.456 e. The highest BCUT2D eigenvalue weighted by Gasteiger charge is 2.14. The van der Waals surface area contributed by atoms with Crippen LogP contribution in [0, 0.1) is 0 Å². The second-order valence-corrected chi connectivity index (χ2v) is 10.2. The minimum absolute atomic E-state index is 0.832. The Kier molecular flexibility index (Phi) is 4.30. The normalized spacial score (nSPS) is 12.0. The number of pyridine rings is 2. The molecule has 5 aromatic carbocycles. The zero-order valence-corrected chi connectivity index (χ0v) is 21.3. The molecule has 0 atom stereocenters. The molecule has 4 nitrogen and oxygen atoms in total. The van der Waals surface area contributed by atoms with Crippen molar-refractivity contribution in [1.82, 2.24) is 9.97 Å². The molecule has 40 heavy (non-hydrogen) atoms. The maximum Gasteiger partial charge on any atom is 0.139 e. The number of benzene rings is 5. The van der Waals surface area contributed by atoms with Crippen LogP contribution in [0.4, 0.5) is 0 Å². The third-order valence-corrected chi connectivity index (χ3v) is 7.91. The molecule has 4 heterocycles. The number of aromatic nitrogens is 2. The van der Waals surface area contributed by atoms with Gasteiger partial charge in [-0.05, 0) is 47.5 Å². The summed E-state index contributed by atoms with van der Waals surface area (Å²) in [5.41, 5.74) is 9.58. The van der Waals surface area contributed by atoms with Crippen LogP contribution in [0.5, 0.6) is 0 Å². The fourth-order valence-electron chi connectivity index (χ4n) is 5.89. The molecule has 0 spiro atoms. The van der Waals surface area contributed by atoms with Crippen molar-refractivity contribution in [1.29, 1.82) is 0 Å². The van der Waals surface area contributed by atoms with E-state index >= 15 is 0 Å². The van der Waals surface area contributed by atoms with Gasteiger partial charge in [-0.2, -0.15) is 0 Å². The lowest BCUT2D eigenvalue weighted by molar-refractivity contribution is 0.656. The highest BCUT2D eigenvalue weighted by atomic mass is 16.3. The highest BCUT2D eigenvalue weighted by molar-refractivity contribution is 6.15. The van der Waals surface area contributed by atoms with Crippen LogP contribution in [-0.4, -0.2) is 9.97 Å². The molecule has 0 bridgehead atoms. The van der Waals surface area contributed by atoms with E-state index in [1.807, 2.05) is 36.5 Å². The molecule has 0 N–H and O–H groups in total. The Morgan fingerprint density at radius 2 is 1.10 bits per heavy atom. The largest absolute Gasteiger partial charge is 0.456 e. The van der Waals surface area contributed by atoms with E-state index in [2.05, 4.69) is 89.9 Å². The molecule has 9 aromatic rings. The van der Waals surface area contributed by atoms with Gasteiger partial charge in [-0.25, -0.2) is 4.98 Å². The quantitative estimate of drug-likeness (QED) is 0.216. The van der Waals surface area contributed by atoms with Crippen molar-refractivity contribution in [2.24, 2.45) is 0 Å². The summed E-state index contributed by atoms with van der Waals surface area (Å²) in [5, 5.41) is 6.60. The van der Waals surface area contributed by atoms with Gasteiger partial charge in [0.15, 0.2) is 0 Å². The van der Waals surface area contributed by atoms with E-state index in [4.69, 9.17) is 13.8 Å². The molecular formula is C36H20N2O2. The summed E-state index contributed by atoms with van der Waals surface area (Å²) in [7, 11) is 0. The average molecular weight is 513 g/mol. The van der Waals surface area contributed by atoms with Crippen LogP contribution in [-0.2, 0) is 0 Å². The monoisotopic (exact) mass is 512 g/mol. The molecule has 9 rings (SSSR count). The molecule has 0 amide bonds. The first kappa shape index (κ1) is 21.5. The minimum atomic E-state index is 0.832. The summed E-state index contributed by atoms with van der Waals surface area (Å²) < 4.78 is 12.3. The summed E-state index contributed by atoms with van der Waals surface area (Å²) in [4.78, 5) is 9.60. The van der Waals surface area contributed by atoms with Gasteiger partial charge in [0.05, 0.1) is 16.7 Å². The maximum absolute atomic E-state index is 6.22. The molecule has 0 aliphatic rings. The molecule has 186 valence electrons.